The molecule has 1 aromatic heterocycles. The number of H-pyrrole nitrogens is 1. The van der Waals surface area contributed by atoms with Crippen LogP contribution in [0.25, 0.3) is 10.9 Å². The molecule has 0 aliphatic carbocycles. The number of nitrogens with one attached hydrogen (secondary N) is 3. The standard InChI is InChI=1S/C14H10FNO.C14H13N3O.H2N2.H2O.H2/c15-13-7-4-8-14(12(13)9-16)17-10-11-5-2-1-3-6-11;15-14-13-11(16-17-14)7-4-8-12(13)18-9-10-5-2-1-3-6-10;1-2;;/h1-8H,10H2;1-8H,9H2,(H3,15,16,17);1-2H;1H2;1H. The number of nitrogens with two attached hydrogens (primary N) is 1. The van der Waals surface area contributed by atoms with Gasteiger partial charge in [0.1, 0.15) is 42.2 Å². The first kappa shape index (κ1) is 29.0. The molecule has 7 N–H and O–H groups in total. The smallest absolute Gasteiger partial charge is 0.156 e. The molecular weight excluding hydrogens is 487 g/mol. The number of halogens is 1. The summed E-state index contributed by atoms with van der Waals surface area (Å²) in [5.41, 5.74) is 18.8. The summed E-state index contributed by atoms with van der Waals surface area (Å²) in [4.78, 5) is 0. The van der Waals surface area contributed by atoms with E-state index < -0.39 is 5.82 Å². The Kier molecular flexibility index (Phi) is 11.4. The van der Waals surface area contributed by atoms with Gasteiger partial charge in [-0.25, -0.2) is 15.5 Å². The summed E-state index contributed by atoms with van der Waals surface area (Å²) < 4.78 is 24.5. The molecule has 0 aliphatic heterocycles. The topological polar surface area (TPSA) is 176 Å². The highest BCUT2D eigenvalue weighted by Crippen LogP contribution is 2.29. The average Bonchev–Trinajstić information content (AvgIpc) is 3.34. The van der Waals surface area contributed by atoms with Gasteiger partial charge in [-0.05, 0) is 35.4 Å². The van der Waals surface area contributed by atoms with Gasteiger partial charge in [0.2, 0.25) is 0 Å². The Balaban J connectivity index is 0.000000351. The minimum absolute atomic E-state index is 0. The summed E-state index contributed by atoms with van der Waals surface area (Å²) in [5.74, 6) is 0.936. The van der Waals surface area contributed by atoms with Crippen molar-refractivity contribution in [2.45, 2.75) is 13.2 Å². The van der Waals surface area contributed by atoms with Crippen LogP contribution in [0.5, 0.6) is 11.5 Å². The Bertz CT molecular complexity index is 1460. The summed E-state index contributed by atoms with van der Waals surface area (Å²) in [6, 6.07) is 31.4. The van der Waals surface area contributed by atoms with E-state index in [4.69, 9.17) is 31.5 Å². The minimum Gasteiger partial charge on any atom is -0.488 e. The Labute approximate surface area is 220 Å². The van der Waals surface area contributed by atoms with E-state index in [0.29, 0.717) is 19.0 Å². The molecule has 1 heterocycles. The van der Waals surface area contributed by atoms with Crippen molar-refractivity contribution in [1.29, 1.82) is 16.3 Å². The Morgan fingerprint density at radius 1 is 0.816 bits per heavy atom. The van der Waals surface area contributed by atoms with Crippen LogP contribution in [0.4, 0.5) is 10.2 Å². The molecule has 38 heavy (non-hydrogen) atoms. The van der Waals surface area contributed by atoms with Crippen LogP contribution in [0.2, 0.25) is 0 Å². The number of nitriles is 1. The quantitative estimate of drug-likeness (QED) is 0.201. The maximum absolute atomic E-state index is 13.3. The van der Waals surface area contributed by atoms with Crippen LogP contribution in [0.15, 0.2) is 97.1 Å². The van der Waals surface area contributed by atoms with Crippen LogP contribution in [0.1, 0.15) is 18.1 Å². The van der Waals surface area contributed by atoms with Crippen LogP contribution in [-0.4, -0.2) is 15.7 Å². The summed E-state index contributed by atoms with van der Waals surface area (Å²) >= 11 is 0. The number of aromatic amines is 1. The molecular formula is C28H29FN6O3. The first-order valence-electron chi connectivity index (χ1n) is 11.2. The van der Waals surface area contributed by atoms with Crippen molar-refractivity contribution in [2.75, 3.05) is 5.73 Å². The van der Waals surface area contributed by atoms with E-state index >= 15 is 0 Å². The fraction of sp³-hybridized carbons (Fsp3) is 0.0714. The third-order valence-corrected chi connectivity index (χ3v) is 5.14. The van der Waals surface area contributed by atoms with Crippen molar-refractivity contribution in [3.8, 4) is 17.6 Å². The second kappa shape index (κ2) is 15.0. The molecule has 0 spiro atoms. The third-order valence-electron chi connectivity index (χ3n) is 5.14. The maximum Gasteiger partial charge on any atom is 0.156 e. The fourth-order valence-corrected chi connectivity index (χ4v) is 3.39. The molecule has 10 heteroatoms. The molecule has 0 aliphatic rings. The monoisotopic (exact) mass is 516 g/mol. The van der Waals surface area contributed by atoms with Crippen LogP contribution in [0, 0.1) is 28.2 Å². The van der Waals surface area contributed by atoms with E-state index in [1.807, 2.05) is 78.9 Å². The van der Waals surface area contributed by atoms with E-state index in [1.165, 1.54) is 12.1 Å². The zero-order valence-corrected chi connectivity index (χ0v) is 20.3. The molecule has 0 saturated carbocycles. The van der Waals surface area contributed by atoms with E-state index in [0.717, 1.165) is 27.8 Å². The fourth-order valence-electron chi connectivity index (χ4n) is 3.39. The number of rotatable bonds is 6. The first-order chi connectivity index (χ1) is 18.2. The van der Waals surface area contributed by atoms with E-state index in [9.17, 15) is 4.39 Å². The lowest BCUT2D eigenvalue weighted by atomic mass is 10.2. The number of fused-ring (bicyclic) bond motifs is 1. The SMILES string of the molecule is N#Cc1c(F)cccc1OCc1ccccc1.N=N.Nc1n[nH]c2cccc(OCc3ccccc3)c12.O.[HH]. The highest BCUT2D eigenvalue weighted by atomic mass is 19.1. The molecule has 5 rings (SSSR count). The van der Waals surface area contributed by atoms with E-state index in [1.54, 1.807) is 12.1 Å². The summed E-state index contributed by atoms with van der Waals surface area (Å²) in [6.07, 6.45) is 0. The summed E-state index contributed by atoms with van der Waals surface area (Å²) in [5, 5.41) is 16.5. The summed E-state index contributed by atoms with van der Waals surface area (Å²) in [7, 11) is 0. The van der Waals surface area contributed by atoms with Gasteiger partial charge in [0.05, 0.1) is 10.9 Å². The van der Waals surface area contributed by atoms with Crippen LogP contribution < -0.4 is 15.2 Å². The van der Waals surface area contributed by atoms with Crippen LogP contribution in [-0.2, 0) is 13.2 Å². The van der Waals surface area contributed by atoms with Gasteiger partial charge >= 0.3 is 0 Å². The number of hydrogen-bond donors (Lipinski definition) is 4. The average molecular weight is 517 g/mol. The molecule has 0 amide bonds. The minimum atomic E-state index is -0.557. The van der Waals surface area contributed by atoms with Crippen LogP contribution >= 0.6 is 0 Å². The number of nitrogen functional groups attached to an aromatic ring is 1. The number of aromatic nitrogens is 2. The molecule has 0 fully saturated rings. The molecule has 0 atom stereocenters. The van der Waals surface area contributed by atoms with Gasteiger partial charge in [0, 0.05) is 1.43 Å². The molecule has 9 nitrogen and oxygen atoms in total. The number of ether oxygens (including phenoxy) is 2. The molecule has 0 radical (unpaired) electrons. The molecule has 4 aromatic carbocycles. The number of benzene rings is 4. The largest absolute Gasteiger partial charge is 0.488 e. The first-order valence-corrected chi connectivity index (χ1v) is 11.2. The van der Waals surface area contributed by atoms with Crippen LogP contribution in [0.3, 0.4) is 0 Å². The summed E-state index contributed by atoms with van der Waals surface area (Å²) in [6.45, 7) is 0.837. The van der Waals surface area contributed by atoms with Crippen molar-refractivity contribution in [2.24, 2.45) is 0 Å². The lowest BCUT2D eigenvalue weighted by molar-refractivity contribution is 0.303. The third kappa shape index (κ3) is 7.61. The van der Waals surface area contributed by atoms with Gasteiger partial charge < -0.3 is 20.7 Å². The normalized spacial score (nSPS) is 9.47. The highest BCUT2D eigenvalue weighted by Gasteiger charge is 2.09. The van der Waals surface area contributed by atoms with Gasteiger partial charge in [0.15, 0.2) is 5.82 Å². The Hall–Kier alpha value is -5.27. The number of nitrogens with zero attached hydrogens (tertiary/aromatic N) is 2. The van der Waals surface area contributed by atoms with E-state index in [2.05, 4.69) is 10.2 Å². The van der Waals surface area contributed by atoms with Crippen molar-refractivity contribution in [3.63, 3.8) is 0 Å². The van der Waals surface area contributed by atoms with E-state index in [-0.39, 0.29) is 18.2 Å². The molecule has 0 unspecified atom stereocenters. The van der Waals surface area contributed by atoms with Gasteiger partial charge in [-0.15, -0.1) is 0 Å². The molecule has 196 valence electrons. The maximum atomic E-state index is 13.3. The van der Waals surface area contributed by atoms with Crippen molar-refractivity contribution in [3.05, 3.63) is 120 Å². The highest BCUT2D eigenvalue weighted by molar-refractivity contribution is 5.94. The Morgan fingerprint density at radius 3 is 1.92 bits per heavy atom. The Morgan fingerprint density at radius 2 is 1.34 bits per heavy atom. The lowest BCUT2D eigenvalue weighted by Gasteiger charge is -2.07. The van der Waals surface area contributed by atoms with Gasteiger partial charge in [-0.3, -0.25) is 5.10 Å². The van der Waals surface area contributed by atoms with Gasteiger partial charge in [-0.1, -0.05) is 72.8 Å². The second-order valence-electron chi connectivity index (χ2n) is 7.56. The molecule has 0 saturated heterocycles. The van der Waals surface area contributed by atoms with Crippen molar-refractivity contribution < 1.29 is 20.8 Å². The van der Waals surface area contributed by atoms with Gasteiger partial charge in [-0.2, -0.15) is 10.4 Å². The second-order valence-corrected chi connectivity index (χ2v) is 7.56. The lowest BCUT2D eigenvalue weighted by Crippen LogP contribution is -1.98. The zero-order valence-electron chi connectivity index (χ0n) is 20.3. The number of anilines is 1. The molecule has 5 aromatic rings. The number of hydrogen-bond acceptors (Lipinski definition) is 7. The molecule has 0 bridgehead atoms. The van der Waals surface area contributed by atoms with Crippen molar-refractivity contribution >= 4 is 16.7 Å². The zero-order chi connectivity index (χ0) is 26.5. The predicted molar refractivity (Wildman–Crippen MR) is 144 cm³/mol. The van der Waals surface area contributed by atoms with Crippen molar-refractivity contribution in [1.82, 2.24) is 10.2 Å². The van der Waals surface area contributed by atoms with Gasteiger partial charge in [0.25, 0.3) is 0 Å². The predicted octanol–water partition coefficient (Wildman–Crippen LogP) is 6.02.